The summed E-state index contributed by atoms with van der Waals surface area (Å²) in [5.74, 6) is -1.84. The molecule has 0 spiro atoms. The maximum Gasteiger partial charge on any atom is 0.331 e. The first kappa shape index (κ1) is 43.4. The smallest absolute Gasteiger partial charge is 0.331 e. The number of phenols is 3. The van der Waals surface area contributed by atoms with E-state index in [9.17, 15) is 61.0 Å². The van der Waals surface area contributed by atoms with Gasteiger partial charge in [0.1, 0.15) is 61.0 Å². The fourth-order valence-electron chi connectivity index (χ4n) is 6.29. The molecule has 2 aromatic carbocycles. The van der Waals surface area contributed by atoms with Crippen LogP contribution in [-0.2, 0) is 44.4 Å². The highest BCUT2D eigenvalue weighted by Gasteiger charge is 2.53. The van der Waals surface area contributed by atoms with E-state index >= 15 is 0 Å². The summed E-state index contributed by atoms with van der Waals surface area (Å²) in [5, 5.41) is 113. The minimum absolute atomic E-state index is 0.0961. The van der Waals surface area contributed by atoms with Crippen molar-refractivity contribution < 1.29 is 98.9 Å². The zero-order valence-electron chi connectivity index (χ0n) is 30.2. The van der Waals surface area contributed by atoms with Gasteiger partial charge in [0.2, 0.25) is 0 Å². The third-order valence-corrected chi connectivity index (χ3v) is 9.57. The summed E-state index contributed by atoms with van der Waals surface area (Å²) in [4.78, 5) is 13.3. The first-order valence-electron chi connectivity index (χ1n) is 17.6. The fourth-order valence-corrected chi connectivity index (χ4v) is 6.29. The molecule has 3 aliphatic rings. The van der Waals surface area contributed by atoms with Crippen molar-refractivity contribution in [3.63, 3.8) is 0 Å². The number of aliphatic hydroxyl groups excluding tert-OH is 8. The van der Waals surface area contributed by atoms with Crippen molar-refractivity contribution in [2.24, 2.45) is 0 Å². The largest absolute Gasteiger partial charge is 0.504 e. The molecule has 5 rings (SSSR count). The number of hydrogen-bond donors (Lipinski definition) is 11. The van der Waals surface area contributed by atoms with Gasteiger partial charge in [0, 0.05) is 6.08 Å². The van der Waals surface area contributed by atoms with Crippen LogP contribution < -0.4 is 4.74 Å². The van der Waals surface area contributed by atoms with Gasteiger partial charge in [0.15, 0.2) is 48.0 Å². The number of ether oxygens (including phenoxy) is 8. The van der Waals surface area contributed by atoms with Gasteiger partial charge in [-0.1, -0.05) is 12.1 Å². The van der Waals surface area contributed by atoms with E-state index in [4.69, 9.17) is 37.9 Å². The molecule has 2 aromatic rings. The maximum atomic E-state index is 13.3. The normalized spacial score (nSPS) is 36.4. The Morgan fingerprint density at radius 1 is 0.714 bits per heavy atom. The molecule has 0 radical (unpaired) electrons. The van der Waals surface area contributed by atoms with Gasteiger partial charge in [-0.15, -0.1) is 0 Å². The van der Waals surface area contributed by atoms with E-state index in [1.807, 2.05) is 0 Å². The predicted molar refractivity (Wildman–Crippen MR) is 185 cm³/mol. The van der Waals surface area contributed by atoms with Crippen molar-refractivity contribution in [2.45, 2.75) is 105 Å². The number of carbonyl (C=O) groups excluding carboxylic acids is 1. The molecule has 0 bridgehead atoms. The van der Waals surface area contributed by atoms with E-state index in [0.717, 1.165) is 12.1 Å². The van der Waals surface area contributed by atoms with Gasteiger partial charge < -0.3 is 94.1 Å². The summed E-state index contributed by atoms with van der Waals surface area (Å²) in [6.45, 7) is -0.158. The highest BCUT2D eigenvalue weighted by atomic mass is 16.8. The Morgan fingerprint density at radius 3 is 2.07 bits per heavy atom. The van der Waals surface area contributed by atoms with Crippen LogP contribution in [0.2, 0.25) is 0 Å². The lowest BCUT2D eigenvalue weighted by Crippen LogP contribution is -2.65. The van der Waals surface area contributed by atoms with E-state index in [-0.39, 0.29) is 30.1 Å². The minimum Gasteiger partial charge on any atom is -0.504 e. The molecule has 0 saturated carbocycles. The second kappa shape index (κ2) is 19.2. The van der Waals surface area contributed by atoms with Crippen LogP contribution in [-0.4, -0.2) is 181 Å². The summed E-state index contributed by atoms with van der Waals surface area (Å²) in [6.07, 6.45) is -22.3. The van der Waals surface area contributed by atoms with Gasteiger partial charge in [0.25, 0.3) is 0 Å². The number of phenolic OH excluding ortho intramolecular Hbond substituents is 3. The Kier molecular flexibility index (Phi) is 14.9. The van der Waals surface area contributed by atoms with Crippen molar-refractivity contribution >= 4 is 12.0 Å². The van der Waals surface area contributed by atoms with Gasteiger partial charge in [0.05, 0.1) is 33.0 Å². The number of benzene rings is 2. The monoisotopic (exact) mass is 800 g/mol. The summed E-state index contributed by atoms with van der Waals surface area (Å²) in [5.41, 5.74) is 0.925. The summed E-state index contributed by atoms with van der Waals surface area (Å²) in [6, 6.07) is 8.31. The molecular weight excluding hydrogens is 752 g/mol. The van der Waals surface area contributed by atoms with Gasteiger partial charge >= 0.3 is 5.97 Å². The molecule has 312 valence electrons. The van der Waals surface area contributed by atoms with Crippen LogP contribution >= 0.6 is 0 Å². The number of aliphatic hydroxyl groups is 8. The second-order valence-corrected chi connectivity index (χ2v) is 13.5. The van der Waals surface area contributed by atoms with Crippen LogP contribution in [0.4, 0.5) is 0 Å². The summed E-state index contributed by atoms with van der Waals surface area (Å²) >= 11 is 0. The number of hydrogen-bond acceptors (Lipinski definition) is 20. The molecule has 0 aromatic heterocycles. The van der Waals surface area contributed by atoms with Crippen LogP contribution in [0.15, 0.2) is 42.5 Å². The number of methoxy groups -OCH3 is 1. The van der Waals surface area contributed by atoms with Crippen LogP contribution in [0.5, 0.6) is 23.0 Å². The lowest BCUT2D eigenvalue weighted by Gasteiger charge is -2.47. The van der Waals surface area contributed by atoms with Gasteiger partial charge in [-0.3, -0.25) is 0 Å². The first-order chi connectivity index (χ1) is 26.6. The summed E-state index contributed by atoms with van der Waals surface area (Å²) < 4.78 is 45.6. The number of rotatable bonds is 14. The summed E-state index contributed by atoms with van der Waals surface area (Å²) in [7, 11) is 1.37. The SMILES string of the molecule is COc1cc(CCO[C@@H]2O[C@H](CO[C@@H]3O[C@@H](CO)[C@@H](O)[C@H](O)[C@H]3O)[C@@H](OC(=O)/C=C/c3ccc(O)c(O)c3)[C@H](O[C@@H]3O[C@@H](C)[C@H](O)[C@@H](O)[C@H]3O)[C@H]2O)ccc1O. The molecule has 0 amide bonds. The van der Waals surface area contributed by atoms with Crippen LogP contribution in [0.1, 0.15) is 18.1 Å². The topological polar surface area (TPSA) is 313 Å². The van der Waals surface area contributed by atoms with E-state index in [2.05, 4.69) is 0 Å². The molecule has 20 heteroatoms. The predicted octanol–water partition coefficient (Wildman–Crippen LogP) is -2.89. The Hall–Kier alpha value is -3.71. The third-order valence-electron chi connectivity index (χ3n) is 9.57. The highest BCUT2D eigenvalue weighted by Crippen LogP contribution is 2.33. The zero-order chi connectivity index (χ0) is 40.8. The highest BCUT2D eigenvalue weighted by molar-refractivity contribution is 5.87. The lowest BCUT2D eigenvalue weighted by atomic mass is 9.96. The Morgan fingerprint density at radius 2 is 1.38 bits per heavy atom. The Labute approximate surface area is 319 Å². The maximum absolute atomic E-state index is 13.3. The van der Waals surface area contributed by atoms with Crippen LogP contribution in [0, 0.1) is 0 Å². The average Bonchev–Trinajstić information content (AvgIpc) is 3.18. The zero-order valence-corrected chi connectivity index (χ0v) is 30.2. The van der Waals surface area contributed by atoms with E-state index in [1.54, 1.807) is 12.1 Å². The molecule has 3 heterocycles. The molecule has 15 atom stereocenters. The quantitative estimate of drug-likeness (QED) is 0.0519. The molecule has 3 aliphatic heterocycles. The Bertz CT molecular complexity index is 1620. The molecule has 3 saturated heterocycles. The van der Waals surface area contributed by atoms with Crippen molar-refractivity contribution in [3.05, 3.63) is 53.6 Å². The molecule has 0 aliphatic carbocycles. The first-order valence-corrected chi connectivity index (χ1v) is 17.6. The van der Waals surface area contributed by atoms with Gasteiger partial charge in [-0.25, -0.2) is 4.79 Å². The van der Waals surface area contributed by atoms with Crippen LogP contribution in [0.3, 0.4) is 0 Å². The van der Waals surface area contributed by atoms with E-state index in [1.165, 1.54) is 38.3 Å². The lowest BCUT2D eigenvalue weighted by molar-refractivity contribution is -0.364. The fraction of sp³-hybridized carbons (Fsp3) is 0.583. The van der Waals surface area contributed by atoms with E-state index < -0.39 is 123 Å². The molecule has 11 N–H and O–H groups in total. The third kappa shape index (κ3) is 10.0. The van der Waals surface area contributed by atoms with Gasteiger partial charge in [-0.2, -0.15) is 0 Å². The minimum atomic E-state index is -1.87. The standard InChI is InChI=1S/C36H48O20/c1-15-25(42)27(44)30(47)36(52-15)56-33-31(48)35(50-10-9-17-4-7-19(39)21(12-17)49-2)54-23(14-51-34-29(46)28(45)26(43)22(13-37)53-34)32(33)55-24(41)8-5-16-3-6-18(38)20(40)11-16/h3-8,11-12,15,22-23,25-40,42-48H,9-10,13-14H2,1-2H3/b8-5+/t15-,22-,23+,25-,26+,27+,28-,29+,30+,31+,32+,33+,34+,35+,36-/m0/s1. The molecule has 56 heavy (non-hydrogen) atoms. The van der Waals surface area contributed by atoms with Crippen LogP contribution in [0.25, 0.3) is 6.08 Å². The Balaban J connectivity index is 1.44. The second-order valence-electron chi connectivity index (χ2n) is 13.5. The van der Waals surface area contributed by atoms with Crippen molar-refractivity contribution in [2.75, 3.05) is 26.9 Å². The van der Waals surface area contributed by atoms with Crippen molar-refractivity contribution in [1.82, 2.24) is 0 Å². The van der Waals surface area contributed by atoms with E-state index in [0.29, 0.717) is 5.56 Å². The molecular formula is C36H48O20. The average molecular weight is 801 g/mol. The van der Waals surface area contributed by atoms with Crippen molar-refractivity contribution in [1.29, 1.82) is 0 Å². The number of carbonyl (C=O) groups is 1. The molecule has 20 nitrogen and oxygen atoms in total. The number of esters is 1. The molecule has 3 fully saturated rings. The molecule has 0 unspecified atom stereocenters. The number of aromatic hydroxyl groups is 3. The van der Waals surface area contributed by atoms with Crippen molar-refractivity contribution in [3.8, 4) is 23.0 Å². The van der Waals surface area contributed by atoms with Gasteiger partial charge in [-0.05, 0) is 54.8 Å².